The van der Waals surface area contributed by atoms with Gasteiger partial charge in [0.2, 0.25) is 0 Å². The molecule has 3 rings (SSSR count). The zero-order valence-electron chi connectivity index (χ0n) is 15.7. The van der Waals surface area contributed by atoms with E-state index in [9.17, 15) is 13.6 Å². The highest BCUT2D eigenvalue weighted by molar-refractivity contribution is 5.95. The van der Waals surface area contributed by atoms with Crippen LogP contribution >= 0.6 is 0 Å². The van der Waals surface area contributed by atoms with Crippen molar-refractivity contribution in [3.63, 3.8) is 0 Å². The number of halogens is 2. The van der Waals surface area contributed by atoms with E-state index in [1.165, 1.54) is 12.1 Å². The SMILES string of the molecule is Cc1ccc(Oc2cc(C)nc(C(=O)Cc3ccc(C(C)(F)F)cn3)c2)cn1. The summed E-state index contributed by atoms with van der Waals surface area (Å²) in [4.78, 5) is 25.0. The van der Waals surface area contributed by atoms with Crippen molar-refractivity contribution in [3.8, 4) is 11.5 Å². The Labute approximate surface area is 161 Å². The molecule has 0 N–H and O–H groups in total. The molecule has 0 aliphatic heterocycles. The highest BCUT2D eigenvalue weighted by atomic mass is 19.3. The molecule has 0 radical (unpaired) electrons. The lowest BCUT2D eigenvalue weighted by Crippen LogP contribution is -2.11. The summed E-state index contributed by atoms with van der Waals surface area (Å²) < 4.78 is 32.3. The maximum atomic E-state index is 13.3. The van der Waals surface area contributed by atoms with Crippen LogP contribution in [0.3, 0.4) is 0 Å². The van der Waals surface area contributed by atoms with Crippen molar-refractivity contribution in [2.45, 2.75) is 33.1 Å². The number of aryl methyl sites for hydroxylation is 2. The first-order chi connectivity index (χ1) is 13.2. The van der Waals surface area contributed by atoms with Gasteiger partial charge in [-0.05, 0) is 38.1 Å². The summed E-state index contributed by atoms with van der Waals surface area (Å²) in [5, 5.41) is 0. The maximum Gasteiger partial charge on any atom is 0.272 e. The molecule has 3 aromatic rings. The number of aromatic nitrogens is 3. The summed E-state index contributed by atoms with van der Waals surface area (Å²) in [6.45, 7) is 4.43. The van der Waals surface area contributed by atoms with E-state index in [-0.39, 0.29) is 23.5 Å². The molecule has 28 heavy (non-hydrogen) atoms. The molecule has 7 heteroatoms. The summed E-state index contributed by atoms with van der Waals surface area (Å²) in [6.07, 6.45) is 2.64. The molecule has 0 aliphatic rings. The van der Waals surface area contributed by atoms with E-state index < -0.39 is 5.92 Å². The number of ketones is 1. The second-order valence-corrected chi connectivity index (χ2v) is 6.59. The normalized spacial score (nSPS) is 11.3. The molecule has 0 amide bonds. The van der Waals surface area contributed by atoms with Crippen molar-refractivity contribution >= 4 is 5.78 Å². The van der Waals surface area contributed by atoms with E-state index in [4.69, 9.17) is 4.74 Å². The predicted octanol–water partition coefficient (Wildman–Crippen LogP) is 4.82. The number of hydrogen-bond donors (Lipinski definition) is 0. The van der Waals surface area contributed by atoms with Gasteiger partial charge in [0.15, 0.2) is 5.78 Å². The van der Waals surface area contributed by atoms with Crippen LogP contribution in [0.15, 0.2) is 48.8 Å². The fourth-order valence-electron chi connectivity index (χ4n) is 2.53. The number of hydrogen-bond acceptors (Lipinski definition) is 5. The number of Topliss-reactive ketones (excluding diaryl/α,β-unsaturated/α-hetero) is 1. The first-order valence-corrected chi connectivity index (χ1v) is 8.66. The number of carbonyl (C=O) groups excluding carboxylic acids is 1. The van der Waals surface area contributed by atoms with E-state index >= 15 is 0 Å². The highest BCUT2D eigenvalue weighted by Crippen LogP contribution is 2.26. The molecule has 0 saturated heterocycles. The topological polar surface area (TPSA) is 65.0 Å². The minimum Gasteiger partial charge on any atom is -0.456 e. The summed E-state index contributed by atoms with van der Waals surface area (Å²) >= 11 is 0. The average molecular weight is 383 g/mol. The van der Waals surface area contributed by atoms with Gasteiger partial charge < -0.3 is 4.74 Å². The smallest absolute Gasteiger partial charge is 0.272 e. The Morgan fingerprint density at radius 1 is 1.00 bits per heavy atom. The van der Waals surface area contributed by atoms with Gasteiger partial charge in [0.05, 0.1) is 12.6 Å². The highest BCUT2D eigenvalue weighted by Gasteiger charge is 2.24. The van der Waals surface area contributed by atoms with Gasteiger partial charge in [0.1, 0.15) is 17.2 Å². The van der Waals surface area contributed by atoms with E-state index in [2.05, 4.69) is 15.0 Å². The van der Waals surface area contributed by atoms with E-state index in [1.807, 2.05) is 13.0 Å². The third-order valence-corrected chi connectivity index (χ3v) is 4.01. The van der Waals surface area contributed by atoms with Crippen molar-refractivity contribution in [1.82, 2.24) is 15.0 Å². The molecule has 0 saturated carbocycles. The Morgan fingerprint density at radius 3 is 2.39 bits per heavy atom. The van der Waals surface area contributed by atoms with Gasteiger partial charge in [-0.25, -0.2) is 13.8 Å². The van der Waals surface area contributed by atoms with E-state index in [1.54, 1.807) is 31.3 Å². The number of rotatable bonds is 6. The number of ether oxygens (including phenoxy) is 1. The first-order valence-electron chi connectivity index (χ1n) is 8.66. The van der Waals surface area contributed by atoms with Crippen molar-refractivity contribution in [2.24, 2.45) is 0 Å². The molecular formula is C21H19F2N3O2. The average Bonchev–Trinajstić information content (AvgIpc) is 2.63. The van der Waals surface area contributed by atoms with E-state index in [0.717, 1.165) is 18.8 Å². The Balaban J connectivity index is 1.76. The van der Waals surface area contributed by atoms with Crippen LogP contribution in [-0.4, -0.2) is 20.7 Å². The molecule has 3 aromatic heterocycles. The van der Waals surface area contributed by atoms with Crippen molar-refractivity contribution < 1.29 is 18.3 Å². The second-order valence-electron chi connectivity index (χ2n) is 6.59. The number of carbonyl (C=O) groups is 1. The molecule has 0 aromatic carbocycles. The summed E-state index contributed by atoms with van der Waals surface area (Å²) in [7, 11) is 0. The largest absolute Gasteiger partial charge is 0.456 e. The number of nitrogens with zero attached hydrogens (tertiary/aromatic N) is 3. The van der Waals surface area contributed by atoms with E-state index in [0.29, 0.717) is 22.9 Å². The van der Waals surface area contributed by atoms with Crippen molar-refractivity contribution in [2.75, 3.05) is 0 Å². The second kappa shape index (κ2) is 7.80. The molecule has 0 unspecified atom stereocenters. The van der Waals surface area contributed by atoms with Gasteiger partial charge in [-0.15, -0.1) is 0 Å². The van der Waals surface area contributed by atoms with Crippen molar-refractivity contribution in [3.05, 3.63) is 77.1 Å². The van der Waals surface area contributed by atoms with Crippen LogP contribution in [0, 0.1) is 13.8 Å². The summed E-state index contributed by atoms with van der Waals surface area (Å²) in [5.41, 5.74) is 1.91. The zero-order chi connectivity index (χ0) is 20.3. The van der Waals surface area contributed by atoms with Gasteiger partial charge in [0.25, 0.3) is 5.92 Å². The molecular weight excluding hydrogens is 364 g/mol. The van der Waals surface area contributed by atoms with Crippen LogP contribution in [0.2, 0.25) is 0 Å². The van der Waals surface area contributed by atoms with Crippen LogP contribution in [0.4, 0.5) is 8.78 Å². The molecule has 3 heterocycles. The lowest BCUT2D eigenvalue weighted by atomic mass is 10.1. The minimum absolute atomic E-state index is 0.0441. The van der Waals surface area contributed by atoms with Crippen LogP contribution in [0.25, 0.3) is 0 Å². The quantitative estimate of drug-likeness (QED) is 0.571. The van der Waals surface area contributed by atoms with Gasteiger partial charge in [-0.3, -0.25) is 14.8 Å². The third-order valence-electron chi connectivity index (χ3n) is 4.01. The Kier molecular flexibility index (Phi) is 5.44. The Bertz CT molecular complexity index is 982. The standard InChI is InChI=1S/C21H19F2N3O2/c1-13-4-7-17(12-24-13)28-18-8-14(2)26-19(10-18)20(27)9-16-6-5-15(11-25-16)21(3,22)23/h4-8,10-12H,9H2,1-3H3. The third kappa shape index (κ3) is 4.94. The van der Waals surface area contributed by atoms with Crippen LogP contribution < -0.4 is 4.74 Å². The van der Waals surface area contributed by atoms with Crippen LogP contribution in [-0.2, 0) is 12.3 Å². The predicted molar refractivity (Wildman–Crippen MR) is 99.9 cm³/mol. The molecule has 144 valence electrons. The summed E-state index contributed by atoms with van der Waals surface area (Å²) in [6, 6.07) is 9.57. The van der Waals surface area contributed by atoms with Gasteiger partial charge in [-0.1, -0.05) is 0 Å². The van der Waals surface area contributed by atoms with Gasteiger partial charge in [0, 0.05) is 47.9 Å². The minimum atomic E-state index is -2.97. The van der Waals surface area contributed by atoms with Gasteiger partial charge in [-0.2, -0.15) is 0 Å². The fourth-order valence-corrected chi connectivity index (χ4v) is 2.53. The number of alkyl halides is 2. The lowest BCUT2D eigenvalue weighted by Gasteiger charge is -2.10. The first kappa shape index (κ1) is 19.5. The Morgan fingerprint density at radius 2 is 1.79 bits per heavy atom. The molecule has 0 bridgehead atoms. The number of pyridine rings is 3. The molecule has 0 fully saturated rings. The Hall–Kier alpha value is -3.22. The fraction of sp³-hybridized carbons (Fsp3) is 0.238. The van der Waals surface area contributed by atoms with Crippen molar-refractivity contribution in [1.29, 1.82) is 0 Å². The lowest BCUT2D eigenvalue weighted by molar-refractivity contribution is 0.0171. The molecule has 0 aliphatic carbocycles. The maximum absolute atomic E-state index is 13.3. The molecule has 5 nitrogen and oxygen atoms in total. The molecule has 0 spiro atoms. The zero-order valence-corrected chi connectivity index (χ0v) is 15.7. The van der Waals surface area contributed by atoms with Crippen LogP contribution in [0.5, 0.6) is 11.5 Å². The molecule has 0 atom stereocenters. The monoisotopic (exact) mass is 383 g/mol. The van der Waals surface area contributed by atoms with Gasteiger partial charge >= 0.3 is 0 Å². The van der Waals surface area contributed by atoms with Crippen LogP contribution in [0.1, 0.15) is 40.1 Å². The summed E-state index contributed by atoms with van der Waals surface area (Å²) in [5.74, 6) is -2.23.